The molecule has 0 aliphatic carbocycles. The highest BCUT2D eigenvalue weighted by molar-refractivity contribution is 7.98. The Morgan fingerprint density at radius 3 is 2.90 bits per heavy atom. The van der Waals surface area contributed by atoms with E-state index in [2.05, 4.69) is 11.8 Å². The summed E-state index contributed by atoms with van der Waals surface area (Å²) in [4.78, 5) is 1.09. The summed E-state index contributed by atoms with van der Waals surface area (Å²) in [5.41, 5.74) is 1.38. The number of furan rings is 1. The normalized spacial score (nSPS) is 10.2. The van der Waals surface area contributed by atoms with Crippen molar-refractivity contribution >= 4 is 11.8 Å². The van der Waals surface area contributed by atoms with E-state index in [1.807, 2.05) is 13.0 Å². The molecule has 1 heterocycles. The molecular weight excluding hydrogens is 275 g/mol. The first-order chi connectivity index (χ1) is 9.70. The van der Waals surface area contributed by atoms with Crippen LogP contribution in [0.25, 0.3) is 0 Å². The van der Waals surface area contributed by atoms with Gasteiger partial charge in [0.2, 0.25) is 0 Å². The monoisotopic (exact) mass is 290 g/mol. The highest BCUT2D eigenvalue weighted by Crippen LogP contribution is 2.27. The lowest BCUT2D eigenvalue weighted by Gasteiger charge is -2.02. The summed E-state index contributed by atoms with van der Waals surface area (Å²) in [7, 11) is 0. The van der Waals surface area contributed by atoms with E-state index in [9.17, 15) is 4.39 Å². The topological polar surface area (TPSA) is 33.4 Å². The van der Waals surface area contributed by atoms with Crippen molar-refractivity contribution in [2.75, 3.05) is 6.61 Å². The Bertz CT molecular complexity index is 637. The lowest BCUT2D eigenvalue weighted by molar-refractivity contribution is 0.305. The third-order valence-corrected chi connectivity index (χ3v) is 3.91. The van der Waals surface area contributed by atoms with Crippen molar-refractivity contribution in [2.24, 2.45) is 0 Å². The van der Waals surface area contributed by atoms with Crippen molar-refractivity contribution < 1.29 is 13.9 Å². The molecule has 0 unspecified atom stereocenters. The molecule has 2 aromatic rings. The van der Waals surface area contributed by atoms with E-state index in [-0.39, 0.29) is 12.4 Å². The lowest BCUT2D eigenvalue weighted by atomic mass is 10.1. The van der Waals surface area contributed by atoms with Gasteiger partial charge in [0.25, 0.3) is 0 Å². The lowest BCUT2D eigenvalue weighted by Crippen LogP contribution is -1.88. The van der Waals surface area contributed by atoms with Crippen LogP contribution in [0.3, 0.4) is 0 Å². The van der Waals surface area contributed by atoms with Crippen LogP contribution in [0.1, 0.15) is 23.3 Å². The van der Waals surface area contributed by atoms with Gasteiger partial charge in [0, 0.05) is 17.1 Å². The summed E-state index contributed by atoms with van der Waals surface area (Å²) in [5.74, 6) is 6.77. The van der Waals surface area contributed by atoms with Crippen molar-refractivity contribution in [1.29, 1.82) is 0 Å². The van der Waals surface area contributed by atoms with E-state index >= 15 is 0 Å². The molecule has 2 nitrogen and oxygen atoms in total. The molecule has 0 atom stereocenters. The van der Waals surface area contributed by atoms with Gasteiger partial charge in [0.1, 0.15) is 11.6 Å². The molecule has 0 radical (unpaired) electrons. The van der Waals surface area contributed by atoms with Crippen LogP contribution in [0.5, 0.6) is 0 Å². The molecule has 1 N–H and O–H groups in total. The van der Waals surface area contributed by atoms with Crippen molar-refractivity contribution in [1.82, 2.24) is 0 Å². The van der Waals surface area contributed by atoms with Gasteiger partial charge in [-0.1, -0.05) is 17.9 Å². The summed E-state index contributed by atoms with van der Waals surface area (Å²) in [5, 5.41) is 8.68. The molecule has 0 spiro atoms. The second-order valence-electron chi connectivity index (χ2n) is 4.22. The van der Waals surface area contributed by atoms with Crippen LogP contribution < -0.4 is 0 Å². The fourth-order valence-corrected chi connectivity index (χ4v) is 2.56. The van der Waals surface area contributed by atoms with E-state index in [4.69, 9.17) is 9.52 Å². The highest BCUT2D eigenvalue weighted by atomic mass is 32.2. The number of aliphatic hydroxyl groups excluding tert-OH is 1. The third kappa shape index (κ3) is 3.89. The molecule has 4 heteroatoms. The van der Waals surface area contributed by atoms with Gasteiger partial charge in [-0.3, -0.25) is 0 Å². The van der Waals surface area contributed by atoms with Gasteiger partial charge in [0.05, 0.1) is 18.4 Å². The molecule has 104 valence electrons. The Morgan fingerprint density at radius 2 is 2.20 bits per heavy atom. The first kappa shape index (κ1) is 14.7. The molecule has 1 aromatic heterocycles. The molecule has 2 rings (SSSR count). The van der Waals surface area contributed by atoms with Crippen molar-refractivity contribution in [3.63, 3.8) is 0 Å². The minimum atomic E-state index is -0.330. The largest absolute Gasteiger partial charge is 0.468 e. The van der Waals surface area contributed by atoms with Crippen LogP contribution in [0.4, 0.5) is 4.39 Å². The molecular formula is C16H15FO2S. The quantitative estimate of drug-likeness (QED) is 0.687. The summed E-state index contributed by atoms with van der Waals surface area (Å²) in [6.07, 6.45) is 2.01. The van der Waals surface area contributed by atoms with Crippen LogP contribution in [-0.2, 0) is 5.75 Å². The second kappa shape index (κ2) is 7.18. The number of hydrogen-bond donors (Lipinski definition) is 1. The summed E-state index contributed by atoms with van der Waals surface area (Å²) >= 11 is 1.65. The second-order valence-corrected chi connectivity index (χ2v) is 5.24. The van der Waals surface area contributed by atoms with Crippen molar-refractivity contribution in [3.8, 4) is 11.8 Å². The molecule has 0 saturated carbocycles. The average Bonchev–Trinajstić information content (AvgIpc) is 2.85. The summed E-state index contributed by atoms with van der Waals surface area (Å²) in [6, 6.07) is 6.86. The van der Waals surface area contributed by atoms with Crippen LogP contribution in [0, 0.1) is 24.6 Å². The summed E-state index contributed by atoms with van der Waals surface area (Å²) in [6.45, 7) is 1.91. The minimum Gasteiger partial charge on any atom is -0.468 e. The SMILES string of the molecule is Cc1occc1SCc1ccc(F)c(C#CCCO)c1. The zero-order chi connectivity index (χ0) is 14.4. The fourth-order valence-electron chi connectivity index (χ4n) is 1.66. The van der Waals surface area contributed by atoms with E-state index in [0.717, 1.165) is 22.0 Å². The molecule has 1 aromatic carbocycles. The number of halogens is 1. The number of aliphatic hydroxyl groups is 1. The number of rotatable bonds is 4. The maximum Gasteiger partial charge on any atom is 0.138 e. The number of thioether (sulfide) groups is 1. The van der Waals surface area contributed by atoms with E-state index in [1.165, 1.54) is 6.07 Å². The fraction of sp³-hybridized carbons (Fsp3) is 0.250. The highest BCUT2D eigenvalue weighted by Gasteiger charge is 2.05. The molecule has 0 aliphatic heterocycles. The molecule has 0 aliphatic rings. The van der Waals surface area contributed by atoms with E-state index in [1.54, 1.807) is 30.2 Å². The predicted molar refractivity (Wildman–Crippen MR) is 78.0 cm³/mol. The number of benzene rings is 1. The van der Waals surface area contributed by atoms with Crippen LogP contribution in [-0.4, -0.2) is 11.7 Å². The Hall–Kier alpha value is -1.70. The Balaban J connectivity index is 2.08. The standard InChI is InChI=1S/C16H15FO2S/c1-12-16(7-9-19-12)20-11-13-5-6-15(17)14(10-13)4-2-3-8-18/h5-7,9-10,18H,3,8,11H2,1H3. The molecule has 0 amide bonds. The first-order valence-electron chi connectivity index (χ1n) is 6.25. The Kier molecular flexibility index (Phi) is 5.28. The van der Waals surface area contributed by atoms with Gasteiger partial charge in [-0.25, -0.2) is 4.39 Å². The molecule has 0 saturated heterocycles. The van der Waals surface area contributed by atoms with Crippen molar-refractivity contribution in [3.05, 3.63) is 53.2 Å². The number of hydrogen-bond acceptors (Lipinski definition) is 3. The van der Waals surface area contributed by atoms with Gasteiger partial charge >= 0.3 is 0 Å². The van der Waals surface area contributed by atoms with Crippen LogP contribution >= 0.6 is 11.8 Å². The third-order valence-electron chi connectivity index (χ3n) is 2.70. The van der Waals surface area contributed by atoms with Crippen LogP contribution in [0.2, 0.25) is 0 Å². The zero-order valence-electron chi connectivity index (χ0n) is 11.1. The Labute approximate surface area is 122 Å². The predicted octanol–water partition coefficient (Wildman–Crippen LogP) is 3.75. The Morgan fingerprint density at radius 1 is 1.35 bits per heavy atom. The summed E-state index contributed by atoms with van der Waals surface area (Å²) < 4.78 is 18.8. The first-order valence-corrected chi connectivity index (χ1v) is 7.24. The molecule has 0 fully saturated rings. The van der Waals surface area contributed by atoms with E-state index in [0.29, 0.717) is 12.0 Å². The maximum absolute atomic E-state index is 13.6. The maximum atomic E-state index is 13.6. The molecule has 20 heavy (non-hydrogen) atoms. The van der Waals surface area contributed by atoms with Crippen molar-refractivity contribution in [2.45, 2.75) is 24.0 Å². The number of aryl methyl sites for hydroxylation is 1. The molecule has 0 bridgehead atoms. The zero-order valence-corrected chi connectivity index (χ0v) is 12.0. The van der Waals surface area contributed by atoms with Gasteiger partial charge in [-0.15, -0.1) is 11.8 Å². The smallest absolute Gasteiger partial charge is 0.138 e. The minimum absolute atomic E-state index is 0.00999. The van der Waals surface area contributed by atoms with E-state index < -0.39 is 0 Å². The average molecular weight is 290 g/mol. The van der Waals surface area contributed by atoms with Gasteiger partial charge < -0.3 is 9.52 Å². The van der Waals surface area contributed by atoms with Gasteiger partial charge in [-0.05, 0) is 30.7 Å². The van der Waals surface area contributed by atoms with Gasteiger partial charge in [-0.2, -0.15) is 0 Å². The van der Waals surface area contributed by atoms with Crippen LogP contribution in [0.15, 0.2) is 39.8 Å². The van der Waals surface area contributed by atoms with Gasteiger partial charge in [0.15, 0.2) is 0 Å².